The van der Waals surface area contributed by atoms with Crippen molar-refractivity contribution < 1.29 is 9.53 Å². The van der Waals surface area contributed by atoms with Crippen molar-refractivity contribution in [2.24, 2.45) is 5.92 Å². The zero-order chi connectivity index (χ0) is 12.8. The Kier molecular flexibility index (Phi) is 5.69. The van der Waals surface area contributed by atoms with Crippen LogP contribution in [-0.4, -0.2) is 12.4 Å². The average molecular weight is 299 g/mol. The lowest BCUT2D eigenvalue weighted by atomic mass is 10.0. The van der Waals surface area contributed by atoms with Crippen LogP contribution in [0.25, 0.3) is 0 Å². The van der Waals surface area contributed by atoms with Crippen LogP contribution in [0.1, 0.15) is 44.0 Å². The van der Waals surface area contributed by atoms with Crippen LogP contribution in [0, 0.1) is 5.92 Å². The highest BCUT2D eigenvalue weighted by Gasteiger charge is 2.13. The average Bonchev–Trinajstić information content (AvgIpc) is 2.28. The van der Waals surface area contributed by atoms with Crippen LogP contribution in [0.5, 0.6) is 5.75 Å². The lowest BCUT2D eigenvalue weighted by Gasteiger charge is -2.10. The zero-order valence-corrected chi connectivity index (χ0v) is 12.2. The van der Waals surface area contributed by atoms with E-state index in [-0.39, 0.29) is 5.78 Å². The van der Waals surface area contributed by atoms with E-state index in [1.165, 1.54) is 0 Å². The Morgan fingerprint density at radius 2 is 2.12 bits per heavy atom. The largest absolute Gasteiger partial charge is 0.493 e. The molecule has 0 spiro atoms. The lowest BCUT2D eigenvalue weighted by Crippen LogP contribution is -2.05. The van der Waals surface area contributed by atoms with E-state index in [4.69, 9.17) is 4.74 Å². The molecule has 0 aliphatic carbocycles. The van der Waals surface area contributed by atoms with Crippen molar-refractivity contribution in [1.82, 2.24) is 0 Å². The SMILES string of the molecule is CCOc1ccc(Br)cc1C(=O)CCC(C)C. The van der Waals surface area contributed by atoms with Crippen LogP contribution in [0.4, 0.5) is 0 Å². The van der Waals surface area contributed by atoms with Crippen molar-refractivity contribution >= 4 is 21.7 Å². The summed E-state index contributed by atoms with van der Waals surface area (Å²) in [5.74, 6) is 1.38. The van der Waals surface area contributed by atoms with Crippen LogP contribution in [0.3, 0.4) is 0 Å². The summed E-state index contributed by atoms with van der Waals surface area (Å²) in [5.41, 5.74) is 0.682. The Balaban J connectivity index is 2.86. The molecule has 0 N–H and O–H groups in total. The van der Waals surface area contributed by atoms with Gasteiger partial charge in [0.2, 0.25) is 0 Å². The maximum atomic E-state index is 12.1. The Morgan fingerprint density at radius 1 is 1.41 bits per heavy atom. The second-order valence-electron chi connectivity index (χ2n) is 4.43. The fourth-order valence-corrected chi connectivity index (χ4v) is 1.92. The van der Waals surface area contributed by atoms with Crippen LogP contribution in [0.15, 0.2) is 22.7 Å². The summed E-state index contributed by atoms with van der Waals surface area (Å²) in [6.45, 7) is 6.74. The first-order valence-corrected chi connectivity index (χ1v) is 6.79. The van der Waals surface area contributed by atoms with E-state index in [0.29, 0.717) is 30.3 Å². The van der Waals surface area contributed by atoms with E-state index >= 15 is 0 Å². The molecule has 0 saturated carbocycles. The Bertz CT molecular complexity index is 386. The monoisotopic (exact) mass is 298 g/mol. The van der Waals surface area contributed by atoms with Gasteiger partial charge in [-0.05, 0) is 37.5 Å². The van der Waals surface area contributed by atoms with Gasteiger partial charge in [-0.15, -0.1) is 0 Å². The minimum absolute atomic E-state index is 0.156. The number of halogens is 1. The van der Waals surface area contributed by atoms with Crippen molar-refractivity contribution in [2.45, 2.75) is 33.6 Å². The molecule has 0 aliphatic rings. The number of carbonyl (C=O) groups excluding carboxylic acids is 1. The fourth-order valence-electron chi connectivity index (χ4n) is 1.56. The molecule has 1 aromatic rings. The molecule has 0 aromatic heterocycles. The van der Waals surface area contributed by atoms with Crippen molar-refractivity contribution in [3.05, 3.63) is 28.2 Å². The number of benzene rings is 1. The summed E-state index contributed by atoms with van der Waals surface area (Å²) in [7, 11) is 0. The van der Waals surface area contributed by atoms with E-state index in [0.717, 1.165) is 10.9 Å². The second kappa shape index (κ2) is 6.80. The van der Waals surface area contributed by atoms with Gasteiger partial charge in [0, 0.05) is 10.9 Å². The van der Waals surface area contributed by atoms with E-state index in [9.17, 15) is 4.79 Å². The molecule has 0 amide bonds. The maximum absolute atomic E-state index is 12.1. The molecule has 0 saturated heterocycles. The number of hydrogen-bond acceptors (Lipinski definition) is 2. The molecule has 0 fully saturated rings. The first-order valence-electron chi connectivity index (χ1n) is 6.00. The van der Waals surface area contributed by atoms with Crippen LogP contribution < -0.4 is 4.74 Å². The molecule has 0 atom stereocenters. The van der Waals surface area contributed by atoms with Gasteiger partial charge >= 0.3 is 0 Å². The van der Waals surface area contributed by atoms with Crippen molar-refractivity contribution in [3.8, 4) is 5.75 Å². The van der Waals surface area contributed by atoms with E-state index < -0.39 is 0 Å². The normalized spacial score (nSPS) is 10.6. The van der Waals surface area contributed by atoms with Gasteiger partial charge < -0.3 is 4.74 Å². The Labute approximate surface area is 111 Å². The molecule has 0 radical (unpaired) electrons. The summed E-state index contributed by atoms with van der Waals surface area (Å²) in [6.07, 6.45) is 1.49. The van der Waals surface area contributed by atoms with E-state index in [1.54, 1.807) is 0 Å². The van der Waals surface area contributed by atoms with Gasteiger partial charge in [-0.3, -0.25) is 4.79 Å². The first-order chi connectivity index (χ1) is 8.04. The van der Waals surface area contributed by atoms with Gasteiger partial charge in [-0.1, -0.05) is 29.8 Å². The van der Waals surface area contributed by atoms with Gasteiger partial charge in [0.05, 0.1) is 12.2 Å². The molecular formula is C14H19BrO2. The summed E-state index contributed by atoms with van der Waals surface area (Å²) < 4.78 is 6.39. The van der Waals surface area contributed by atoms with Gasteiger partial charge in [0.15, 0.2) is 5.78 Å². The minimum atomic E-state index is 0.156. The van der Waals surface area contributed by atoms with E-state index in [1.807, 2.05) is 25.1 Å². The molecule has 17 heavy (non-hydrogen) atoms. The minimum Gasteiger partial charge on any atom is -0.493 e. The smallest absolute Gasteiger partial charge is 0.166 e. The lowest BCUT2D eigenvalue weighted by molar-refractivity contribution is 0.0971. The number of Topliss-reactive ketones (excluding diaryl/α,β-unsaturated/α-hetero) is 1. The van der Waals surface area contributed by atoms with Crippen molar-refractivity contribution in [3.63, 3.8) is 0 Å². The highest BCUT2D eigenvalue weighted by Crippen LogP contribution is 2.25. The number of ketones is 1. The molecule has 0 aliphatic heterocycles. The third-order valence-electron chi connectivity index (χ3n) is 2.49. The molecule has 1 rings (SSSR count). The molecule has 1 aromatic carbocycles. The fraction of sp³-hybridized carbons (Fsp3) is 0.500. The predicted molar refractivity (Wildman–Crippen MR) is 73.7 cm³/mol. The van der Waals surface area contributed by atoms with Crippen LogP contribution in [-0.2, 0) is 0 Å². The van der Waals surface area contributed by atoms with Gasteiger partial charge in [0.1, 0.15) is 5.75 Å². The highest BCUT2D eigenvalue weighted by atomic mass is 79.9. The number of rotatable bonds is 6. The summed E-state index contributed by atoms with van der Waals surface area (Å²) >= 11 is 3.39. The molecular weight excluding hydrogens is 280 g/mol. The molecule has 0 unspecified atom stereocenters. The predicted octanol–water partition coefficient (Wildman–Crippen LogP) is 4.47. The summed E-state index contributed by atoms with van der Waals surface area (Å²) in [4.78, 5) is 12.1. The second-order valence-corrected chi connectivity index (χ2v) is 5.34. The molecule has 2 nitrogen and oxygen atoms in total. The standard InChI is InChI=1S/C14H19BrO2/c1-4-17-14-8-6-11(15)9-12(14)13(16)7-5-10(2)3/h6,8-10H,4-5,7H2,1-3H3. The van der Waals surface area contributed by atoms with Crippen LogP contribution in [0.2, 0.25) is 0 Å². The third-order valence-corrected chi connectivity index (χ3v) is 2.98. The summed E-state index contributed by atoms with van der Waals surface area (Å²) in [6, 6.07) is 5.58. The number of hydrogen-bond donors (Lipinski definition) is 0. The van der Waals surface area contributed by atoms with Gasteiger partial charge in [-0.2, -0.15) is 0 Å². The first kappa shape index (κ1) is 14.2. The molecule has 0 heterocycles. The number of carbonyl (C=O) groups is 1. The quantitative estimate of drug-likeness (QED) is 0.725. The van der Waals surface area contributed by atoms with E-state index in [2.05, 4.69) is 29.8 Å². The highest BCUT2D eigenvalue weighted by molar-refractivity contribution is 9.10. The van der Waals surface area contributed by atoms with Gasteiger partial charge in [-0.25, -0.2) is 0 Å². The van der Waals surface area contributed by atoms with Crippen molar-refractivity contribution in [2.75, 3.05) is 6.61 Å². The maximum Gasteiger partial charge on any atom is 0.166 e. The third kappa shape index (κ3) is 4.50. The zero-order valence-electron chi connectivity index (χ0n) is 10.6. The van der Waals surface area contributed by atoms with Crippen LogP contribution >= 0.6 is 15.9 Å². The Hall–Kier alpha value is -0.830. The molecule has 0 bridgehead atoms. The van der Waals surface area contributed by atoms with Crippen molar-refractivity contribution in [1.29, 1.82) is 0 Å². The Morgan fingerprint density at radius 3 is 2.71 bits per heavy atom. The van der Waals surface area contributed by atoms with Gasteiger partial charge in [0.25, 0.3) is 0 Å². The summed E-state index contributed by atoms with van der Waals surface area (Å²) in [5, 5.41) is 0. The molecule has 3 heteroatoms. The topological polar surface area (TPSA) is 26.3 Å². The number of ether oxygens (including phenoxy) is 1. The molecule has 94 valence electrons.